The van der Waals surface area contributed by atoms with Gasteiger partial charge in [0.05, 0.1) is 5.70 Å². The van der Waals surface area contributed by atoms with Crippen LogP contribution in [0.3, 0.4) is 0 Å². The van der Waals surface area contributed by atoms with Crippen molar-refractivity contribution in [2.45, 2.75) is 45.4 Å². The first-order valence-corrected chi connectivity index (χ1v) is 12.1. The van der Waals surface area contributed by atoms with Crippen LogP contribution in [0.2, 0.25) is 0 Å². The Labute approximate surface area is 193 Å². The van der Waals surface area contributed by atoms with Crippen LogP contribution in [-0.4, -0.2) is 36.7 Å². The van der Waals surface area contributed by atoms with Gasteiger partial charge in [0.25, 0.3) is 0 Å². The molecule has 0 atom stereocenters. The minimum atomic E-state index is 0.853. The van der Waals surface area contributed by atoms with Gasteiger partial charge in [-0.05, 0) is 67.5 Å². The summed E-state index contributed by atoms with van der Waals surface area (Å²) in [6.07, 6.45) is 17.8. The number of rotatable bonds is 8. The summed E-state index contributed by atoms with van der Waals surface area (Å²) in [6.45, 7) is 5.43. The molecule has 0 amide bonds. The van der Waals surface area contributed by atoms with Crippen LogP contribution in [0.15, 0.2) is 78.2 Å². The lowest BCUT2D eigenvalue weighted by molar-refractivity contribution is 0.307. The van der Waals surface area contributed by atoms with Crippen LogP contribution in [0.5, 0.6) is 0 Å². The fraction of sp³-hybridized carbons (Fsp3) is 0.393. The summed E-state index contributed by atoms with van der Waals surface area (Å²) in [6, 6.07) is 13.3. The molecule has 0 spiro atoms. The minimum absolute atomic E-state index is 0.853. The van der Waals surface area contributed by atoms with Gasteiger partial charge in [-0.3, -0.25) is 4.98 Å². The lowest BCUT2D eigenvalue weighted by atomic mass is 10.1. The van der Waals surface area contributed by atoms with Crippen molar-refractivity contribution in [3.63, 3.8) is 0 Å². The predicted molar refractivity (Wildman–Crippen MR) is 135 cm³/mol. The molecule has 4 nitrogen and oxygen atoms in total. The van der Waals surface area contributed by atoms with Gasteiger partial charge in [0.1, 0.15) is 0 Å². The summed E-state index contributed by atoms with van der Waals surface area (Å²) >= 11 is 0. The number of likely N-dealkylation sites (N-methyl/N-ethyl adjacent to an activating group) is 1. The van der Waals surface area contributed by atoms with Crippen molar-refractivity contribution in [3.8, 4) is 11.1 Å². The van der Waals surface area contributed by atoms with Gasteiger partial charge in [-0.15, -0.1) is 0 Å². The fourth-order valence-electron chi connectivity index (χ4n) is 4.48. The third-order valence-electron chi connectivity index (χ3n) is 6.41. The normalized spacial score (nSPS) is 16.4. The summed E-state index contributed by atoms with van der Waals surface area (Å²) in [5.74, 6) is 0. The summed E-state index contributed by atoms with van der Waals surface area (Å²) in [5, 5.41) is 2.14. The van der Waals surface area contributed by atoms with Crippen molar-refractivity contribution in [3.05, 3.63) is 83.9 Å². The smallest absolute Gasteiger partial charge is 0.0545 e. The van der Waals surface area contributed by atoms with E-state index in [0.29, 0.717) is 0 Å². The highest BCUT2D eigenvalue weighted by Crippen LogP contribution is 2.25. The van der Waals surface area contributed by atoms with Crippen molar-refractivity contribution >= 4 is 5.69 Å². The number of nitrogens with one attached hydrogen (secondary N) is 1. The van der Waals surface area contributed by atoms with E-state index in [2.05, 4.69) is 90.0 Å². The third kappa shape index (κ3) is 5.68. The van der Waals surface area contributed by atoms with E-state index in [1.165, 1.54) is 60.4 Å². The Bertz CT molecular complexity index is 948. The molecule has 2 aromatic rings. The Morgan fingerprint density at radius 2 is 1.69 bits per heavy atom. The zero-order chi connectivity index (χ0) is 22.2. The average molecular weight is 429 g/mol. The average Bonchev–Trinajstić information content (AvgIpc) is 3.11. The largest absolute Gasteiger partial charge is 0.372 e. The van der Waals surface area contributed by atoms with Crippen LogP contribution in [0.1, 0.15) is 44.7 Å². The van der Waals surface area contributed by atoms with Gasteiger partial charge in [0.2, 0.25) is 0 Å². The molecule has 4 heteroatoms. The maximum Gasteiger partial charge on any atom is 0.0545 e. The van der Waals surface area contributed by atoms with Gasteiger partial charge in [-0.25, -0.2) is 5.43 Å². The predicted octanol–water partition coefficient (Wildman–Crippen LogP) is 5.90. The minimum Gasteiger partial charge on any atom is -0.372 e. The Morgan fingerprint density at radius 3 is 2.41 bits per heavy atom. The molecule has 1 fully saturated rings. The van der Waals surface area contributed by atoms with Crippen molar-refractivity contribution in [1.82, 2.24) is 15.4 Å². The summed E-state index contributed by atoms with van der Waals surface area (Å²) in [5.41, 5.74) is 11.0. The highest BCUT2D eigenvalue weighted by atomic mass is 15.5. The number of allylic oxidation sites excluding steroid dienone is 5. The number of hydrogen-bond donors (Lipinski definition) is 1. The molecule has 1 N–H and O–H groups in total. The van der Waals surface area contributed by atoms with Crippen LogP contribution in [0.25, 0.3) is 11.1 Å². The number of hydrazine groups is 1. The van der Waals surface area contributed by atoms with Gasteiger partial charge in [0, 0.05) is 56.2 Å². The second-order valence-corrected chi connectivity index (χ2v) is 8.65. The van der Waals surface area contributed by atoms with Crippen molar-refractivity contribution in [1.29, 1.82) is 0 Å². The molecule has 1 aromatic carbocycles. The first kappa shape index (κ1) is 22.3. The summed E-state index contributed by atoms with van der Waals surface area (Å²) < 4.78 is 0. The van der Waals surface area contributed by atoms with Crippen molar-refractivity contribution < 1.29 is 0 Å². The molecule has 1 aromatic heterocycles. The SMILES string of the molecule is CCC1=C(N(C)NCCc2ccc(-c3ccc(N4CCCCC4)cc3)cn2)C=CCC=C1. The van der Waals surface area contributed by atoms with Gasteiger partial charge in [0.15, 0.2) is 0 Å². The highest BCUT2D eigenvalue weighted by Gasteiger charge is 2.11. The van der Waals surface area contributed by atoms with E-state index in [1.54, 1.807) is 0 Å². The Kier molecular flexibility index (Phi) is 7.78. The lowest BCUT2D eigenvalue weighted by Crippen LogP contribution is -2.35. The Hall–Kier alpha value is -2.85. The molecule has 0 saturated carbocycles. The van der Waals surface area contributed by atoms with Gasteiger partial charge in [-0.1, -0.05) is 43.4 Å². The van der Waals surface area contributed by atoms with E-state index < -0.39 is 0 Å². The molecule has 0 radical (unpaired) electrons. The lowest BCUT2D eigenvalue weighted by Gasteiger charge is -2.28. The first-order valence-electron chi connectivity index (χ1n) is 12.1. The van der Waals surface area contributed by atoms with Crippen LogP contribution in [0.4, 0.5) is 5.69 Å². The number of piperidine rings is 1. The van der Waals surface area contributed by atoms with Crippen LogP contribution < -0.4 is 10.3 Å². The van der Waals surface area contributed by atoms with Crippen molar-refractivity contribution in [2.75, 3.05) is 31.6 Å². The second kappa shape index (κ2) is 11.1. The van der Waals surface area contributed by atoms with E-state index in [-0.39, 0.29) is 0 Å². The molecule has 4 rings (SSSR count). The number of hydrogen-bond acceptors (Lipinski definition) is 4. The molecule has 32 heavy (non-hydrogen) atoms. The van der Waals surface area contributed by atoms with Crippen LogP contribution >= 0.6 is 0 Å². The maximum atomic E-state index is 4.72. The number of anilines is 1. The van der Waals surface area contributed by atoms with Gasteiger partial charge >= 0.3 is 0 Å². The second-order valence-electron chi connectivity index (χ2n) is 8.65. The molecule has 0 bridgehead atoms. The molecule has 2 heterocycles. The van der Waals surface area contributed by atoms with Gasteiger partial charge < -0.3 is 9.91 Å². The molecular weight excluding hydrogens is 392 g/mol. The van der Waals surface area contributed by atoms with Gasteiger partial charge in [-0.2, -0.15) is 0 Å². The molecular formula is C28H36N4. The molecule has 1 aliphatic carbocycles. The maximum absolute atomic E-state index is 4.72. The quantitative estimate of drug-likeness (QED) is 0.531. The third-order valence-corrected chi connectivity index (χ3v) is 6.41. The molecule has 0 unspecified atom stereocenters. The highest BCUT2D eigenvalue weighted by molar-refractivity contribution is 5.65. The number of benzene rings is 1. The summed E-state index contributed by atoms with van der Waals surface area (Å²) in [4.78, 5) is 7.22. The van der Waals surface area contributed by atoms with E-state index in [0.717, 1.165) is 31.5 Å². The van der Waals surface area contributed by atoms with E-state index >= 15 is 0 Å². The number of nitrogens with zero attached hydrogens (tertiary/aromatic N) is 3. The molecule has 1 saturated heterocycles. The van der Waals surface area contributed by atoms with E-state index in [1.807, 2.05) is 6.20 Å². The van der Waals surface area contributed by atoms with E-state index in [4.69, 9.17) is 4.98 Å². The van der Waals surface area contributed by atoms with Crippen LogP contribution in [-0.2, 0) is 6.42 Å². The molecule has 1 aliphatic heterocycles. The zero-order valence-corrected chi connectivity index (χ0v) is 19.6. The fourth-order valence-corrected chi connectivity index (χ4v) is 4.48. The topological polar surface area (TPSA) is 31.4 Å². The zero-order valence-electron chi connectivity index (χ0n) is 19.6. The summed E-state index contributed by atoms with van der Waals surface area (Å²) in [7, 11) is 2.10. The standard InChI is InChI=1S/C28H36N4/c1-3-23-10-6-4-7-11-28(23)31(2)30-19-18-26-15-12-25(22-29-26)24-13-16-27(17-14-24)32-20-8-5-9-21-32/h6-7,10-17,22,30H,3-5,8-9,18-21H2,1-2H3. The van der Waals surface area contributed by atoms with E-state index in [9.17, 15) is 0 Å². The Balaban J connectivity index is 1.31. The molecule has 168 valence electrons. The Morgan fingerprint density at radius 1 is 0.938 bits per heavy atom. The number of aromatic nitrogens is 1. The van der Waals surface area contributed by atoms with Crippen molar-refractivity contribution in [2.24, 2.45) is 0 Å². The number of pyridine rings is 1. The monoisotopic (exact) mass is 428 g/mol. The first-order chi connectivity index (χ1) is 15.7. The molecule has 2 aliphatic rings. The van der Waals surface area contributed by atoms with Crippen LogP contribution in [0, 0.1) is 0 Å².